The van der Waals surface area contributed by atoms with Gasteiger partial charge in [0, 0.05) is 13.0 Å². The van der Waals surface area contributed by atoms with Crippen LogP contribution in [0.2, 0.25) is 0 Å². The van der Waals surface area contributed by atoms with Crippen molar-refractivity contribution in [3.63, 3.8) is 0 Å². The van der Waals surface area contributed by atoms with Crippen molar-refractivity contribution >= 4 is 6.29 Å². The molecule has 10 unspecified atom stereocenters. The first-order valence-electron chi connectivity index (χ1n) is 18.1. The van der Waals surface area contributed by atoms with Crippen molar-refractivity contribution in [3.05, 3.63) is 12.2 Å². The third-order valence-electron chi connectivity index (χ3n) is 15.5. The van der Waals surface area contributed by atoms with Gasteiger partial charge < -0.3 is 9.53 Å². The number of rotatable bonds is 11. The minimum atomic E-state index is 0.253. The molecule has 5 saturated carbocycles. The smallest absolute Gasteiger partial charge is 0.119 e. The number of unbranched alkanes of at least 4 members (excludes halogenated alkanes) is 6. The van der Waals surface area contributed by atoms with Gasteiger partial charge in [-0.2, -0.15) is 0 Å². The Balaban J connectivity index is 1.25. The quantitative estimate of drug-likeness (QED) is 0.141. The number of aldehydes is 1. The Labute approximate surface area is 254 Å². The second-order valence-electron chi connectivity index (χ2n) is 17.6. The Bertz CT molecular complexity index is 951. The van der Waals surface area contributed by atoms with E-state index in [1.54, 1.807) is 0 Å². The molecule has 2 nitrogen and oxygen atoms in total. The van der Waals surface area contributed by atoms with E-state index in [4.69, 9.17) is 4.74 Å². The monoisotopic (exact) mass is 567 g/mol. The Morgan fingerprint density at radius 1 is 0.756 bits per heavy atom. The Kier molecular flexibility index (Phi) is 9.07. The third-order valence-corrected chi connectivity index (χ3v) is 15.5. The molecule has 0 aromatic carbocycles. The maximum absolute atomic E-state index is 10.5. The van der Waals surface area contributed by atoms with Crippen LogP contribution in [-0.4, -0.2) is 19.0 Å². The van der Waals surface area contributed by atoms with Crippen molar-refractivity contribution in [2.45, 2.75) is 164 Å². The molecule has 0 spiro atoms. The van der Waals surface area contributed by atoms with E-state index in [0.717, 1.165) is 55.3 Å². The van der Waals surface area contributed by atoms with Crippen LogP contribution in [0.25, 0.3) is 0 Å². The highest BCUT2D eigenvalue weighted by molar-refractivity contribution is 5.48. The molecule has 0 aliphatic heterocycles. The molecular weight excluding hydrogens is 500 g/mol. The van der Waals surface area contributed by atoms with Crippen molar-refractivity contribution in [2.75, 3.05) is 6.61 Å². The fourth-order valence-corrected chi connectivity index (χ4v) is 13.0. The van der Waals surface area contributed by atoms with Gasteiger partial charge in [-0.1, -0.05) is 79.4 Å². The van der Waals surface area contributed by atoms with E-state index in [1.165, 1.54) is 102 Å². The molecule has 2 heteroatoms. The lowest BCUT2D eigenvalue weighted by atomic mass is 9.32. The van der Waals surface area contributed by atoms with Gasteiger partial charge in [0.25, 0.3) is 0 Å². The average molecular weight is 567 g/mol. The maximum Gasteiger partial charge on any atom is 0.119 e. The van der Waals surface area contributed by atoms with E-state index >= 15 is 0 Å². The van der Waals surface area contributed by atoms with E-state index in [2.05, 4.69) is 55.0 Å². The zero-order valence-corrected chi connectivity index (χ0v) is 28.3. The third kappa shape index (κ3) is 5.15. The van der Waals surface area contributed by atoms with Crippen LogP contribution in [0.5, 0.6) is 0 Å². The average Bonchev–Trinajstić information content (AvgIpc) is 3.27. The fourth-order valence-electron chi connectivity index (χ4n) is 13.0. The van der Waals surface area contributed by atoms with Crippen LogP contribution in [0.1, 0.15) is 158 Å². The van der Waals surface area contributed by atoms with Gasteiger partial charge in [-0.3, -0.25) is 0 Å². The second-order valence-corrected chi connectivity index (χ2v) is 17.6. The van der Waals surface area contributed by atoms with Crippen LogP contribution >= 0.6 is 0 Å². The Morgan fingerprint density at radius 3 is 2.17 bits per heavy atom. The highest BCUT2D eigenvalue weighted by Gasteiger charge is 2.70. The summed E-state index contributed by atoms with van der Waals surface area (Å²) in [5, 5.41) is 0. The minimum Gasteiger partial charge on any atom is -0.378 e. The summed E-state index contributed by atoms with van der Waals surface area (Å²) in [5.41, 5.74) is 3.64. The lowest BCUT2D eigenvalue weighted by Gasteiger charge is -2.73. The van der Waals surface area contributed by atoms with Crippen LogP contribution in [0.3, 0.4) is 0 Å². The molecule has 0 heterocycles. The highest BCUT2D eigenvalue weighted by atomic mass is 16.5. The van der Waals surface area contributed by atoms with Gasteiger partial charge in [0.15, 0.2) is 0 Å². The fraction of sp³-hybridized carbons (Fsp3) is 0.923. The summed E-state index contributed by atoms with van der Waals surface area (Å²) in [6.45, 7) is 23.9. The minimum absolute atomic E-state index is 0.253. The SMILES string of the molecule is C=C(C)C1CCC2(C)CCC3(C)C(CCC4C5(C)CCC(OCCCCCCCCC=O)C(C)(C)C5CCC43C)C12. The second kappa shape index (κ2) is 11.7. The van der Waals surface area contributed by atoms with Crippen molar-refractivity contribution < 1.29 is 9.53 Å². The number of allylic oxidation sites excluding steroid dienone is 1. The van der Waals surface area contributed by atoms with Crippen LogP contribution in [-0.2, 0) is 9.53 Å². The van der Waals surface area contributed by atoms with Gasteiger partial charge in [0.2, 0.25) is 0 Å². The van der Waals surface area contributed by atoms with Gasteiger partial charge in [-0.05, 0) is 141 Å². The summed E-state index contributed by atoms with van der Waals surface area (Å²) in [6.07, 6.45) is 23.5. The number of hydrogen-bond acceptors (Lipinski definition) is 2. The molecule has 0 aromatic rings. The molecular formula is C39H66O2. The molecule has 5 fully saturated rings. The van der Waals surface area contributed by atoms with Crippen molar-refractivity contribution in [1.29, 1.82) is 0 Å². The van der Waals surface area contributed by atoms with Crippen LogP contribution < -0.4 is 0 Å². The molecule has 0 N–H and O–H groups in total. The number of ether oxygens (including phenoxy) is 1. The summed E-state index contributed by atoms with van der Waals surface area (Å²) in [4.78, 5) is 10.5. The van der Waals surface area contributed by atoms with Crippen molar-refractivity contribution in [1.82, 2.24) is 0 Å². The van der Waals surface area contributed by atoms with Gasteiger partial charge in [0.05, 0.1) is 6.10 Å². The zero-order valence-electron chi connectivity index (χ0n) is 28.3. The van der Waals surface area contributed by atoms with Gasteiger partial charge in [0.1, 0.15) is 6.29 Å². The normalized spacial score (nSPS) is 46.6. The summed E-state index contributed by atoms with van der Waals surface area (Å²) in [6, 6.07) is 0. The Hall–Kier alpha value is -0.630. The lowest BCUT2D eigenvalue weighted by Crippen LogP contribution is -2.66. The zero-order chi connectivity index (χ0) is 29.7. The van der Waals surface area contributed by atoms with Crippen LogP contribution in [0, 0.1) is 56.7 Å². The van der Waals surface area contributed by atoms with Crippen LogP contribution in [0.4, 0.5) is 0 Å². The predicted molar refractivity (Wildman–Crippen MR) is 173 cm³/mol. The lowest BCUT2D eigenvalue weighted by molar-refractivity contribution is -0.250. The molecule has 0 aromatic heterocycles. The number of carbonyl (C=O) groups excluding carboxylic acids is 1. The molecule has 0 saturated heterocycles. The number of hydrogen-bond donors (Lipinski definition) is 0. The van der Waals surface area contributed by atoms with E-state index < -0.39 is 0 Å². The first-order valence-corrected chi connectivity index (χ1v) is 18.1. The highest BCUT2D eigenvalue weighted by Crippen LogP contribution is 2.77. The molecule has 5 aliphatic carbocycles. The predicted octanol–water partition coefficient (Wildman–Crippen LogP) is 11.0. The van der Waals surface area contributed by atoms with Crippen molar-refractivity contribution in [3.8, 4) is 0 Å². The first-order chi connectivity index (χ1) is 19.3. The summed E-state index contributed by atoms with van der Waals surface area (Å²) in [5.74, 6) is 4.12. The molecule has 10 atom stereocenters. The number of carbonyl (C=O) groups is 1. The Morgan fingerprint density at radius 2 is 1.46 bits per heavy atom. The van der Waals surface area contributed by atoms with Gasteiger partial charge >= 0.3 is 0 Å². The molecule has 0 amide bonds. The first kappa shape index (κ1) is 31.8. The van der Waals surface area contributed by atoms with E-state index in [-0.39, 0.29) is 5.41 Å². The van der Waals surface area contributed by atoms with Gasteiger partial charge in [-0.25, -0.2) is 0 Å². The molecule has 5 aliphatic rings. The molecule has 0 radical (unpaired) electrons. The largest absolute Gasteiger partial charge is 0.378 e. The standard InChI is InChI=1S/C39H66O2/c1-28(2)29-18-21-36(5)24-25-38(7)30(34(29)36)16-17-32-37(6)22-20-33(35(3,4)31(37)19-23-39(32,38)8)41-27-15-13-11-9-10-12-14-26-40/h26,29-34H,1,9-25,27H2,2-8H3. The molecule has 234 valence electrons. The topological polar surface area (TPSA) is 26.3 Å². The summed E-state index contributed by atoms with van der Waals surface area (Å²) < 4.78 is 6.74. The van der Waals surface area contributed by atoms with Crippen LogP contribution in [0.15, 0.2) is 12.2 Å². The van der Waals surface area contributed by atoms with Gasteiger partial charge in [-0.15, -0.1) is 0 Å². The molecule has 41 heavy (non-hydrogen) atoms. The number of fused-ring (bicyclic) bond motifs is 7. The van der Waals surface area contributed by atoms with Crippen molar-refractivity contribution in [2.24, 2.45) is 56.7 Å². The molecule has 0 bridgehead atoms. The maximum atomic E-state index is 10.5. The molecule has 5 rings (SSSR count). The van der Waals surface area contributed by atoms with E-state index in [1.807, 2.05) is 0 Å². The summed E-state index contributed by atoms with van der Waals surface area (Å²) in [7, 11) is 0. The summed E-state index contributed by atoms with van der Waals surface area (Å²) >= 11 is 0. The van der Waals surface area contributed by atoms with E-state index in [9.17, 15) is 4.79 Å². The van der Waals surface area contributed by atoms with E-state index in [0.29, 0.717) is 27.8 Å².